The van der Waals surface area contributed by atoms with Gasteiger partial charge in [0.05, 0.1) is 24.2 Å². The van der Waals surface area contributed by atoms with Crippen molar-refractivity contribution in [2.24, 2.45) is 4.36 Å². The molecule has 0 amide bonds. The molecule has 27 heavy (non-hydrogen) atoms. The van der Waals surface area contributed by atoms with E-state index in [2.05, 4.69) is 9.46 Å². The summed E-state index contributed by atoms with van der Waals surface area (Å²) < 4.78 is 21.6. The molecule has 0 aliphatic heterocycles. The molecule has 0 aliphatic carbocycles. The predicted octanol–water partition coefficient (Wildman–Crippen LogP) is 3.89. The van der Waals surface area contributed by atoms with Crippen LogP contribution < -0.4 is 4.74 Å². The highest BCUT2D eigenvalue weighted by molar-refractivity contribution is 7.54. The van der Waals surface area contributed by atoms with Gasteiger partial charge in [-0.05, 0) is 55.8 Å². The van der Waals surface area contributed by atoms with Crippen molar-refractivity contribution in [2.75, 3.05) is 7.11 Å². The third-order valence-electron chi connectivity index (χ3n) is 4.28. The molecular weight excluding hydrogens is 366 g/mol. The molecule has 1 aromatic heterocycles. The number of nitrogens with zero attached hydrogens (tertiary/aromatic N) is 3. The lowest BCUT2D eigenvalue weighted by atomic mass is 10.1. The summed E-state index contributed by atoms with van der Waals surface area (Å²) >= 11 is 0.139. The molecule has 0 saturated carbocycles. The van der Waals surface area contributed by atoms with Crippen LogP contribution in [0.2, 0.25) is 0 Å². The van der Waals surface area contributed by atoms with Gasteiger partial charge in [0.1, 0.15) is 5.75 Å². The van der Waals surface area contributed by atoms with Gasteiger partial charge in [-0.2, -0.15) is 13.7 Å². The molecule has 2 aromatic carbocycles. The first-order valence-corrected chi connectivity index (χ1v) is 8.74. The number of carbonyl (C=O) groups is 1. The Balaban J connectivity index is 2.25. The number of aromatic carboxylic acids is 1. The fourth-order valence-electron chi connectivity index (χ4n) is 2.87. The molecule has 0 radical (unpaired) electrons. The third-order valence-corrected chi connectivity index (χ3v) is 4.53. The number of aromatic nitrogens is 2. The van der Waals surface area contributed by atoms with E-state index in [4.69, 9.17) is 4.74 Å². The molecule has 3 rings (SSSR count). The third kappa shape index (κ3) is 3.52. The van der Waals surface area contributed by atoms with E-state index in [9.17, 15) is 14.1 Å². The van der Waals surface area contributed by atoms with Crippen LogP contribution in [0.3, 0.4) is 0 Å². The summed E-state index contributed by atoms with van der Waals surface area (Å²) in [5, 5.41) is 13.6. The number of methoxy groups -OCH3 is 1. The summed E-state index contributed by atoms with van der Waals surface area (Å²) in [5.74, 6) is -0.420. The minimum Gasteiger partial charge on any atom is -0.497 e. The Morgan fingerprint density at radius 2 is 1.89 bits per heavy atom. The zero-order chi connectivity index (χ0) is 19.6. The molecular formula is C19H17N3O4S. The average Bonchev–Trinajstić information content (AvgIpc) is 3.10. The Morgan fingerprint density at radius 3 is 2.48 bits per heavy atom. The van der Waals surface area contributed by atoms with Crippen LogP contribution in [0.4, 0.5) is 5.69 Å². The van der Waals surface area contributed by atoms with Gasteiger partial charge in [0.25, 0.3) is 0 Å². The molecule has 0 bridgehead atoms. The SMILES string of the molecule is COc1ccc(-c2cc(C(=O)O)nn2-c2ccc(C)c(N=S=O)c2C)cc1. The summed E-state index contributed by atoms with van der Waals surface area (Å²) in [5.41, 5.74) is 4.16. The molecule has 0 fully saturated rings. The first-order valence-electron chi connectivity index (χ1n) is 8.04. The summed E-state index contributed by atoms with van der Waals surface area (Å²) in [6.07, 6.45) is 0. The van der Waals surface area contributed by atoms with Gasteiger partial charge in [-0.15, -0.1) is 0 Å². The summed E-state index contributed by atoms with van der Waals surface area (Å²) in [6, 6.07) is 12.4. The maximum Gasteiger partial charge on any atom is 0.356 e. The van der Waals surface area contributed by atoms with Crippen LogP contribution in [-0.4, -0.2) is 32.2 Å². The lowest BCUT2D eigenvalue weighted by molar-refractivity contribution is 0.0690. The summed E-state index contributed by atoms with van der Waals surface area (Å²) in [6.45, 7) is 3.69. The zero-order valence-corrected chi connectivity index (χ0v) is 15.8. The van der Waals surface area contributed by atoms with E-state index >= 15 is 0 Å². The molecule has 1 N–H and O–H groups in total. The molecule has 8 heteroatoms. The average molecular weight is 383 g/mol. The largest absolute Gasteiger partial charge is 0.497 e. The Morgan fingerprint density at radius 1 is 1.19 bits per heavy atom. The van der Waals surface area contributed by atoms with Gasteiger partial charge in [-0.3, -0.25) is 0 Å². The van der Waals surface area contributed by atoms with Gasteiger partial charge in [-0.25, -0.2) is 9.48 Å². The van der Waals surface area contributed by atoms with Crippen molar-refractivity contribution < 1.29 is 18.8 Å². The first kappa shape index (κ1) is 18.5. The Hall–Kier alpha value is -3.26. The van der Waals surface area contributed by atoms with E-state index in [-0.39, 0.29) is 17.2 Å². The van der Waals surface area contributed by atoms with Crippen LogP contribution in [0.5, 0.6) is 5.75 Å². The highest BCUT2D eigenvalue weighted by Gasteiger charge is 2.18. The topological polar surface area (TPSA) is 93.8 Å². The maximum atomic E-state index is 11.5. The van der Waals surface area contributed by atoms with E-state index in [0.29, 0.717) is 22.8 Å². The van der Waals surface area contributed by atoms with Gasteiger partial charge in [-0.1, -0.05) is 6.07 Å². The Kier molecular flexibility index (Phi) is 5.18. The van der Waals surface area contributed by atoms with Gasteiger partial charge in [0.2, 0.25) is 11.5 Å². The van der Waals surface area contributed by atoms with Crippen molar-refractivity contribution in [3.05, 3.63) is 59.3 Å². The first-order chi connectivity index (χ1) is 13.0. The molecule has 0 spiro atoms. The van der Waals surface area contributed by atoms with E-state index in [1.807, 2.05) is 38.1 Å². The second-order valence-corrected chi connectivity index (χ2v) is 6.23. The van der Waals surface area contributed by atoms with Crippen molar-refractivity contribution in [3.63, 3.8) is 0 Å². The number of carboxylic acid groups (broad SMARTS) is 1. The van der Waals surface area contributed by atoms with E-state index in [0.717, 1.165) is 16.7 Å². The number of benzene rings is 2. The second kappa shape index (κ2) is 7.55. The van der Waals surface area contributed by atoms with Crippen molar-refractivity contribution in [2.45, 2.75) is 13.8 Å². The van der Waals surface area contributed by atoms with Crippen molar-refractivity contribution in [1.82, 2.24) is 9.78 Å². The Bertz CT molecular complexity index is 1070. The summed E-state index contributed by atoms with van der Waals surface area (Å²) in [7, 11) is 1.58. The quantitative estimate of drug-likeness (QED) is 0.721. The number of ether oxygens (including phenoxy) is 1. The molecule has 0 unspecified atom stereocenters. The van der Waals surface area contributed by atoms with Crippen LogP contribution in [0.25, 0.3) is 16.9 Å². The minimum absolute atomic E-state index is 0.0718. The fourth-order valence-corrected chi connectivity index (χ4v) is 3.22. The predicted molar refractivity (Wildman–Crippen MR) is 102 cm³/mol. The smallest absolute Gasteiger partial charge is 0.356 e. The molecule has 138 valence electrons. The van der Waals surface area contributed by atoms with Crippen LogP contribution in [0.1, 0.15) is 21.6 Å². The monoisotopic (exact) mass is 383 g/mol. The van der Waals surface area contributed by atoms with E-state index < -0.39 is 5.97 Å². The lowest BCUT2D eigenvalue weighted by Crippen LogP contribution is -2.04. The molecule has 1 heterocycles. The number of hydrogen-bond donors (Lipinski definition) is 1. The zero-order valence-electron chi connectivity index (χ0n) is 15.0. The highest BCUT2D eigenvalue weighted by atomic mass is 32.1. The number of carboxylic acids is 1. The molecule has 0 aliphatic rings. The standard InChI is InChI=1S/C19H17N3O4S/c1-11-4-9-16(12(2)18(11)21-27-25)22-17(10-15(20-22)19(23)24)13-5-7-14(26-3)8-6-13/h4-10H,1-3H3,(H,23,24). The van der Waals surface area contributed by atoms with Crippen LogP contribution >= 0.6 is 0 Å². The normalized spacial score (nSPS) is 10.5. The van der Waals surface area contributed by atoms with Crippen LogP contribution in [0.15, 0.2) is 46.8 Å². The van der Waals surface area contributed by atoms with Crippen molar-refractivity contribution in [1.29, 1.82) is 0 Å². The number of hydrogen-bond acceptors (Lipinski definition) is 5. The molecule has 0 saturated heterocycles. The molecule has 0 atom stereocenters. The van der Waals surface area contributed by atoms with Gasteiger partial charge in [0.15, 0.2) is 5.69 Å². The highest BCUT2D eigenvalue weighted by Crippen LogP contribution is 2.32. The van der Waals surface area contributed by atoms with Crippen molar-refractivity contribution in [3.8, 4) is 22.7 Å². The fraction of sp³-hybridized carbons (Fsp3) is 0.158. The van der Waals surface area contributed by atoms with Crippen LogP contribution in [-0.2, 0) is 11.5 Å². The Labute approximate surface area is 159 Å². The van der Waals surface area contributed by atoms with Gasteiger partial charge < -0.3 is 9.84 Å². The molecule has 3 aromatic rings. The van der Waals surface area contributed by atoms with Gasteiger partial charge in [0, 0.05) is 11.1 Å². The summed E-state index contributed by atoms with van der Waals surface area (Å²) in [4.78, 5) is 11.5. The van der Waals surface area contributed by atoms with Crippen molar-refractivity contribution >= 4 is 23.1 Å². The lowest BCUT2D eigenvalue weighted by Gasteiger charge is -2.13. The van der Waals surface area contributed by atoms with E-state index in [1.54, 1.807) is 23.9 Å². The number of aryl methyl sites for hydroxylation is 1. The van der Waals surface area contributed by atoms with Gasteiger partial charge >= 0.3 is 5.97 Å². The number of rotatable bonds is 5. The van der Waals surface area contributed by atoms with E-state index in [1.165, 1.54) is 6.07 Å². The molecule has 7 nitrogen and oxygen atoms in total. The maximum absolute atomic E-state index is 11.5. The second-order valence-electron chi connectivity index (χ2n) is 5.90. The minimum atomic E-state index is -1.12. The van der Waals surface area contributed by atoms with Crippen LogP contribution in [0, 0.1) is 13.8 Å².